The molecule has 0 aliphatic carbocycles. The minimum absolute atomic E-state index is 0.368. The predicted octanol–water partition coefficient (Wildman–Crippen LogP) is 1.30. The Morgan fingerprint density at radius 2 is 2.29 bits per heavy atom. The fraction of sp³-hybridized carbons (Fsp3) is 0.462. The Hall–Kier alpha value is -1.55. The Kier molecular flexibility index (Phi) is 3.64. The summed E-state index contributed by atoms with van der Waals surface area (Å²) in [5, 5.41) is 11.9. The third kappa shape index (κ3) is 2.77. The van der Waals surface area contributed by atoms with Gasteiger partial charge < -0.3 is 15.2 Å². The van der Waals surface area contributed by atoms with Crippen LogP contribution in [0.2, 0.25) is 0 Å². The van der Waals surface area contributed by atoms with Gasteiger partial charge in [0.1, 0.15) is 11.8 Å². The van der Waals surface area contributed by atoms with Crippen LogP contribution >= 0.6 is 0 Å². The SMILES string of the molecule is COc1ccccc1CC1CNC(C(=O)O)C1. The third-order valence-corrected chi connectivity index (χ3v) is 3.22. The minimum Gasteiger partial charge on any atom is -0.496 e. The first-order valence-corrected chi connectivity index (χ1v) is 5.78. The van der Waals surface area contributed by atoms with Gasteiger partial charge in [0.2, 0.25) is 0 Å². The molecule has 2 N–H and O–H groups in total. The van der Waals surface area contributed by atoms with Crippen molar-refractivity contribution in [3.05, 3.63) is 29.8 Å². The van der Waals surface area contributed by atoms with Gasteiger partial charge in [-0.2, -0.15) is 0 Å². The van der Waals surface area contributed by atoms with Crippen molar-refractivity contribution in [2.75, 3.05) is 13.7 Å². The van der Waals surface area contributed by atoms with Gasteiger partial charge in [0, 0.05) is 0 Å². The van der Waals surface area contributed by atoms with Crippen molar-refractivity contribution in [3.63, 3.8) is 0 Å². The maximum atomic E-state index is 10.8. The summed E-state index contributed by atoms with van der Waals surface area (Å²) in [7, 11) is 1.66. The van der Waals surface area contributed by atoms with Crippen LogP contribution in [0, 0.1) is 5.92 Å². The Morgan fingerprint density at radius 3 is 2.94 bits per heavy atom. The summed E-state index contributed by atoms with van der Waals surface area (Å²) in [6, 6.07) is 7.50. The Labute approximate surface area is 101 Å². The number of para-hydroxylation sites is 1. The number of carbonyl (C=O) groups is 1. The second-order valence-corrected chi connectivity index (χ2v) is 4.42. The molecule has 1 aromatic carbocycles. The number of hydrogen-bond acceptors (Lipinski definition) is 3. The number of nitrogens with one attached hydrogen (secondary N) is 1. The molecule has 17 heavy (non-hydrogen) atoms. The van der Waals surface area contributed by atoms with Crippen LogP contribution in [0.4, 0.5) is 0 Å². The lowest BCUT2D eigenvalue weighted by Crippen LogP contribution is -2.29. The van der Waals surface area contributed by atoms with Gasteiger partial charge in [-0.25, -0.2) is 0 Å². The lowest BCUT2D eigenvalue weighted by molar-refractivity contribution is -0.139. The van der Waals surface area contributed by atoms with E-state index >= 15 is 0 Å². The quantitative estimate of drug-likeness (QED) is 0.826. The second-order valence-electron chi connectivity index (χ2n) is 4.42. The van der Waals surface area contributed by atoms with Gasteiger partial charge in [-0.1, -0.05) is 18.2 Å². The number of benzene rings is 1. The minimum atomic E-state index is -0.757. The first-order valence-electron chi connectivity index (χ1n) is 5.78. The monoisotopic (exact) mass is 235 g/mol. The summed E-state index contributed by atoms with van der Waals surface area (Å²) in [6.45, 7) is 0.759. The molecule has 0 aromatic heterocycles. The van der Waals surface area contributed by atoms with E-state index in [1.807, 2.05) is 24.3 Å². The van der Waals surface area contributed by atoms with E-state index in [1.165, 1.54) is 0 Å². The van der Waals surface area contributed by atoms with E-state index in [2.05, 4.69) is 5.32 Å². The molecule has 0 saturated carbocycles. The van der Waals surface area contributed by atoms with Crippen LogP contribution in [0.3, 0.4) is 0 Å². The van der Waals surface area contributed by atoms with Gasteiger partial charge in [-0.15, -0.1) is 0 Å². The lowest BCUT2D eigenvalue weighted by atomic mass is 9.96. The zero-order valence-electron chi connectivity index (χ0n) is 9.85. The van der Waals surface area contributed by atoms with Crippen molar-refractivity contribution >= 4 is 5.97 Å². The maximum Gasteiger partial charge on any atom is 0.320 e. The summed E-state index contributed by atoms with van der Waals surface area (Å²) < 4.78 is 5.29. The number of aliphatic carboxylic acids is 1. The van der Waals surface area contributed by atoms with E-state index in [9.17, 15) is 4.79 Å². The van der Waals surface area contributed by atoms with Crippen LogP contribution < -0.4 is 10.1 Å². The molecule has 0 radical (unpaired) electrons. The molecule has 1 aromatic rings. The topological polar surface area (TPSA) is 58.6 Å². The number of carboxylic acid groups (broad SMARTS) is 1. The van der Waals surface area contributed by atoms with Crippen molar-refractivity contribution < 1.29 is 14.6 Å². The molecule has 1 fully saturated rings. The van der Waals surface area contributed by atoms with Crippen LogP contribution in [0.5, 0.6) is 5.75 Å². The van der Waals surface area contributed by atoms with Gasteiger partial charge in [0.05, 0.1) is 7.11 Å². The highest BCUT2D eigenvalue weighted by molar-refractivity contribution is 5.73. The van der Waals surface area contributed by atoms with Crippen LogP contribution in [-0.2, 0) is 11.2 Å². The zero-order valence-corrected chi connectivity index (χ0v) is 9.85. The summed E-state index contributed by atoms with van der Waals surface area (Å²) in [5.41, 5.74) is 1.15. The summed E-state index contributed by atoms with van der Waals surface area (Å²) >= 11 is 0. The number of ether oxygens (including phenoxy) is 1. The molecule has 1 heterocycles. The molecule has 2 atom stereocenters. The molecule has 0 spiro atoms. The Morgan fingerprint density at radius 1 is 1.53 bits per heavy atom. The van der Waals surface area contributed by atoms with E-state index in [1.54, 1.807) is 7.11 Å². The number of carboxylic acids is 1. The van der Waals surface area contributed by atoms with Crippen molar-refractivity contribution in [1.82, 2.24) is 5.32 Å². The van der Waals surface area contributed by atoms with E-state index < -0.39 is 12.0 Å². The molecule has 1 aliphatic heterocycles. The molecule has 4 heteroatoms. The van der Waals surface area contributed by atoms with Crippen molar-refractivity contribution in [2.24, 2.45) is 5.92 Å². The summed E-state index contributed by atoms with van der Waals surface area (Å²) in [4.78, 5) is 10.8. The molecule has 4 nitrogen and oxygen atoms in total. The first-order chi connectivity index (χ1) is 8.20. The van der Waals surface area contributed by atoms with Crippen LogP contribution in [-0.4, -0.2) is 30.8 Å². The lowest BCUT2D eigenvalue weighted by Gasteiger charge is -2.12. The average Bonchev–Trinajstić information content (AvgIpc) is 2.78. The number of hydrogen-bond donors (Lipinski definition) is 2. The van der Waals surface area contributed by atoms with E-state index in [4.69, 9.17) is 9.84 Å². The second kappa shape index (κ2) is 5.19. The molecular formula is C13H17NO3. The third-order valence-electron chi connectivity index (χ3n) is 3.22. The summed E-state index contributed by atoms with van der Waals surface area (Å²) in [6.07, 6.45) is 1.55. The standard InChI is InChI=1S/C13H17NO3/c1-17-12-5-3-2-4-10(12)6-9-7-11(13(15)16)14-8-9/h2-5,9,11,14H,6-8H2,1H3,(H,15,16). The maximum absolute atomic E-state index is 10.8. The number of methoxy groups -OCH3 is 1. The van der Waals surface area contributed by atoms with Gasteiger partial charge >= 0.3 is 5.97 Å². The fourth-order valence-corrected chi connectivity index (χ4v) is 2.34. The molecule has 2 rings (SSSR count). The molecule has 2 unspecified atom stereocenters. The van der Waals surface area contributed by atoms with Crippen LogP contribution in [0.25, 0.3) is 0 Å². The normalized spacial score (nSPS) is 23.6. The summed E-state index contributed by atoms with van der Waals surface area (Å²) in [5.74, 6) is 0.492. The van der Waals surface area contributed by atoms with Gasteiger partial charge in [-0.05, 0) is 36.9 Å². The smallest absolute Gasteiger partial charge is 0.320 e. The van der Waals surface area contributed by atoms with Crippen LogP contribution in [0.15, 0.2) is 24.3 Å². The molecule has 1 aliphatic rings. The van der Waals surface area contributed by atoms with E-state index in [-0.39, 0.29) is 0 Å². The Balaban J connectivity index is 2.00. The molecule has 92 valence electrons. The largest absolute Gasteiger partial charge is 0.496 e. The highest BCUT2D eigenvalue weighted by Gasteiger charge is 2.29. The van der Waals surface area contributed by atoms with Crippen LogP contribution in [0.1, 0.15) is 12.0 Å². The molecule has 0 amide bonds. The van der Waals surface area contributed by atoms with Crippen molar-refractivity contribution in [2.45, 2.75) is 18.9 Å². The van der Waals surface area contributed by atoms with Gasteiger partial charge in [0.15, 0.2) is 0 Å². The Bertz CT molecular complexity index is 405. The predicted molar refractivity (Wildman–Crippen MR) is 64.2 cm³/mol. The van der Waals surface area contributed by atoms with Crippen molar-refractivity contribution in [3.8, 4) is 5.75 Å². The highest BCUT2D eigenvalue weighted by Crippen LogP contribution is 2.25. The molecular weight excluding hydrogens is 218 g/mol. The van der Waals surface area contributed by atoms with Gasteiger partial charge in [-0.3, -0.25) is 4.79 Å². The molecule has 1 saturated heterocycles. The van der Waals surface area contributed by atoms with E-state index in [0.717, 1.165) is 24.3 Å². The fourth-order valence-electron chi connectivity index (χ4n) is 2.34. The zero-order chi connectivity index (χ0) is 12.3. The van der Waals surface area contributed by atoms with E-state index in [0.29, 0.717) is 12.3 Å². The average molecular weight is 235 g/mol. The number of rotatable bonds is 4. The van der Waals surface area contributed by atoms with Gasteiger partial charge in [0.25, 0.3) is 0 Å². The molecule has 0 bridgehead atoms. The first kappa shape index (κ1) is 11.9. The van der Waals surface area contributed by atoms with Crippen molar-refractivity contribution in [1.29, 1.82) is 0 Å². The highest BCUT2D eigenvalue weighted by atomic mass is 16.5.